The van der Waals surface area contributed by atoms with E-state index >= 15 is 0 Å². The number of nitrogens with zero attached hydrogens (tertiary/aromatic N) is 2. The van der Waals surface area contributed by atoms with Crippen LogP contribution in [0.25, 0.3) is 0 Å². The normalized spacial score (nSPS) is 27.5. The smallest absolute Gasteiger partial charge is 0.325 e. The first kappa shape index (κ1) is 16.7. The number of carbonyl (C=O) groups excluding carboxylic acids is 4. The number of hydrogen-bond acceptors (Lipinski definition) is 4. The highest BCUT2D eigenvalue weighted by molar-refractivity contribution is 6.09. The first-order valence-electron chi connectivity index (χ1n) is 8.55. The maximum atomic E-state index is 12.7. The molecule has 5 amide bonds. The quantitative estimate of drug-likeness (QED) is 0.663. The Morgan fingerprint density at radius 1 is 1.25 bits per heavy atom. The zero-order valence-corrected chi connectivity index (χ0v) is 13.9. The van der Waals surface area contributed by atoms with E-state index in [1.165, 1.54) is 4.90 Å². The second kappa shape index (κ2) is 6.07. The first-order chi connectivity index (χ1) is 11.3. The predicted molar refractivity (Wildman–Crippen MR) is 84.5 cm³/mol. The summed E-state index contributed by atoms with van der Waals surface area (Å²) in [5.74, 6) is -1.20. The van der Waals surface area contributed by atoms with E-state index in [1.807, 2.05) is 0 Å². The van der Waals surface area contributed by atoms with Crippen LogP contribution in [0.4, 0.5) is 4.79 Å². The fourth-order valence-electron chi connectivity index (χ4n) is 3.83. The van der Waals surface area contributed by atoms with E-state index in [4.69, 9.17) is 5.73 Å². The summed E-state index contributed by atoms with van der Waals surface area (Å²) in [6.45, 7) is 1.21. The number of rotatable bonds is 6. The number of amides is 5. The number of hydrogen-bond donors (Lipinski definition) is 2. The van der Waals surface area contributed by atoms with Crippen LogP contribution < -0.4 is 11.1 Å². The summed E-state index contributed by atoms with van der Waals surface area (Å²) in [7, 11) is 0. The van der Waals surface area contributed by atoms with Crippen molar-refractivity contribution in [2.24, 2.45) is 11.7 Å². The van der Waals surface area contributed by atoms with Crippen LogP contribution in [0.1, 0.15) is 45.4 Å². The van der Waals surface area contributed by atoms with E-state index < -0.39 is 23.4 Å². The highest BCUT2D eigenvalue weighted by Gasteiger charge is 2.56. The van der Waals surface area contributed by atoms with Crippen LogP contribution in [0.3, 0.4) is 0 Å². The van der Waals surface area contributed by atoms with E-state index in [2.05, 4.69) is 5.32 Å². The minimum atomic E-state index is -0.904. The summed E-state index contributed by atoms with van der Waals surface area (Å²) in [5, 5.41) is 2.72. The van der Waals surface area contributed by atoms with Gasteiger partial charge in [0.15, 0.2) is 0 Å². The molecule has 3 aliphatic rings. The van der Waals surface area contributed by atoms with E-state index in [9.17, 15) is 19.2 Å². The van der Waals surface area contributed by atoms with Gasteiger partial charge in [0, 0.05) is 6.04 Å². The fraction of sp³-hybridized carbons (Fsp3) is 0.750. The van der Waals surface area contributed by atoms with Gasteiger partial charge in [0.25, 0.3) is 5.91 Å². The van der Waals surface area contributed by atoms with E-state index in [1.54, 1.807) is 6.92 Å². The molecule has 0 aromatic carbocycles. The van der Waals surface area contributed by atoms with Crippen molar-refractivity contribution in [3.05, 3.63) is 0 Å². The minimum absolute atomic E-state index is 0.0411. The van der Waals surface area contributed by atoms with Crippen LogP contribution in [0, 0.1) is 5.92 Å². The molecule has 1 heterocycles. The second-order valence-electron chi connectivity index (χ2n) is 7.22. The number of nitrogens with one attached hydrogen (secondary N) is 1. The SMILES string of the molecule is C[C@@]1(C2CC2)NC(=O)N(CC(=O)N(CC(N)=O)C2CCCC2)C1=O. The molecule has 1 saturated heterocycles. The van der Waals surface area contributed by atoms with E-state index in [0.717, 1.165) is 43.4 Å². The molecule has 0 aromatic rings. The number of carbonyl (C=O) groups is 4. The summed E-state index contributed by atoms with van der Waals surface area (Å²) in [6.07, 6.45) is 5.43. The number of urea groups is 1. The summed E-state index contributed by atoms with van der Waals surface area (Å²) < 4.78 is 0. The molecule has 0 bridgehead atoms. The van der Waals surface area contributed by atoms with Gasteiger partial charge in [-0.2, -0.15) is 0 Å². The minimum Gasteiger partial charge on any atom is -0.368 e. The topological polar surface area (TPSA) is 113 Å². The van der Waals surface area contributed by atoms with Crippen molar-refractivity contribution in [3.63, 3.8) is 0 Å². The summed E-state index contributed by atoms with van der Waals surface area (Å²) >= 11 is 0. The summed E-state index contributed by atoms with van der Waals surface area (Å²) in [4.78, 5) is 51.1. The Balaban J connectivity index is 1.70. The van der Waals surface area contributed by atoms with Crippen LogP contribution in [-0.2, 0) is 14.4 Å². The van der Waals surface area contributed by atoms with Crippen molar-refractivity contribution in [1.29, 1.82) is 0 Å². The fourth-order valence-corrected chi connectivity index (χ4v) is 3.83. The van der Waals surface area contributed by atoms with Gasteiger partial charge in [0.1, 0.15) is 12.1 Å². The second-order valence-corrected chi connectivity index (χ2v) is 7.22. The lowest BCUT2D eigenvalue weighted by molar-refractivity contribution is -0.142. The lowest BCUT2D eigenvalue weighted by atomic mass is 9.96. The van der Waals surface area contributed by atoms with Gasteiger partial charge >= 0.3 is 6.03 Å². The standard InChI is InChI=1S/C16H24N4O4/c1-16(10-6-7-10)14(23)20(15(24)18-16)9-13(22)19(8-12(17)21)11-4-2-3-5-11/h10-11H,2-9H2,1H3,(H2,17,21)(H,18,24)/t16-/m0/s1. The average Bonchev–Trinajstić information content (AvgIpc) is 3.20. The Hall–Kier alpha value is -2.12. The zero-order valence-electron chi connectivity index (χ0n) is 13.9. The number of primary amides is 1. The molecule has 2 aliphatic carbocycles. The molecule has 24 heavy (non-hydrogen) atoms. The Bertz CT molecular complexity index is 583. The molecular weight excluding hydrogens is 312 g/mol. The molecule has 0 unspecified atom stereocenters. The molecule has 8 heteroatoms. The Kier molecular flexibility index (Phi) is 4.23. The van der Waals surface area contributed by atoms with Crippen LogP contribution in [-0.4, -0.2) is 58.2 Å². The molecule has 1 aliphatic heterocycles. The molecule has 1 atom stereocenters. The molecule has 8 nitrogen and oxygen atoms in total. The van der Waals surface area contributed by atoms with Crippen molar-refractivity contribution >= 4 is 23.8 Å². The number of imide groups is 1. The molecule has 0 aromatic heterocycles. The Morgan fingerprint density at radius 3 is 2.42 bits per heavy atom. The maximum absolute atomic E-state index is 12.7. The van der Waals surface area contributed by atoms with Gasteiger partial charge in [0.2, 0.25) is 11.8 Å². The van der Waals surface area contributed by atoms with Crippen molar-refractivity contribution in [3.8, 4) is 0 Å². The van der Waals surface area contributed by atoms with Crippen LogP contribution in [0.5, 0.6) is 0 Å². The van der Waals surface area contributed by atoms with Gasteiger partial charge < -0.3 is 16.0 Å². The molecule has 3 fully saturated rings. The molecule has 132 valence electrons. The third kappa shape index (κ3) is 2.97. The lowest BCUT2D eigenvalue weighted by Crippen LogP contribution is -2.50. The maximum Gasteiger partial charge on any atom is 0.325 e. The van der Waals surface area contributed by atoms with Crippen molar-refractivity contribution in [2.45, 2.75) is 57.0 Å². The Labute approximate surface area is 140 Å². The highest BCUT2D eigenvalue weighted by atomic mass is 16.2. The first-order valence-corrected chi connectivity index (χ1v) is 8.55. The van der Waals surface area contributed by atoms with Gasteiger partial charge in [-0.05, 0) is 38.5 Å². The molecule has 3 N–H and O–H groups in total. The molecule has 3 rings (SSSR count). The summed E-state index contributed by atoms with van der Waals surface area (Å²) in [5.41, 5.74) is 4.36. The van der Waals surface area contributed by atoms with Crippen molar-refractivity contribution in [2.75, 3.05) is 13.1 Å². The van der Waals surface area contributed by atoms with Crippen LogP contribution in [0.15, 0.2) is 0 Å². The van der Waals surface area contributed by atoms with Crippen molar-refractivity contribution < 1.29 is 19.2 Å². The summed E-state index contributed by atoms with van der Waals surface area (Å²) in [6, 6.07) is -0.575. The Morgan fingerprint density at radius 2 is 1.88 bits per heavy atom. The average molecular weight is 336 g/mol. The molecular formula is C16H24N4O4. The van der Waals surface area contributed by atoms with Gasteiger partial charge in [0.05, 0.1) is 6.54 Å². The largest absolute Gasteiger partial charge is 0.368 e. The van der Waals surface area contributed by atoms with Gasteiger partial charge in [-0.25, -0.2) is 4.79 Å². The molecule has 0 radical (unpaired) electrons. The monoisotopic (exact) mass is 336 g/mol. The van der Waals surface area contributed by atoms with Crippen LogP contribution >= 0.6 is 0 Å². The highest BCUT2D eigenvalue weighted by Crippen LogP contribution is 2.42. The van der Waals surface area contributed by atoms with E-state index in [-0.39, 0.29) is 31.0 Å². The third-order valence-electron chi connectivity index (χ3n) is 5.40. The van der Waals surface area contributed by atoms with Crippen LogP contribution in [0.2, 0.25) is 0 Å². The zero-order chi connectivity index (χ0) is 17.5. The van der Waals surface area contributed by atoms with Gasteiger partial charge in [-0.1, -0.05) is 12.8 Å². The van der Waals surface area contributed by atoms with Gasteiger partial charge in [-0.3, -0.25) is 19.3 Å². The molecule has 0 spiro atoms. The van der Waals surface area contributed by atoms with Gasteiger partial charge in [-0.15, -0.1) is 0 Å². The van der Waals surface area contributed by atoms with Crippen molar-refractivity contribution in [1.82, 2.24) is 15.1 Å². The third-order valence-corrected chi connectivity index (χ3v) is 5.40. The molecule has 2 saturated carbocycles. The predicted octanol–water partition coefficient (Wildman–Crippen LogP) is -0.0366. The lowest BCUT2D eigenvalue weighted by Gasteiger charge is -2.29. The van der Waals surface area contributed by atoms with E-state index in [0.29, 0.717) is 0 Å². The number of nitrogens with two attached hydrogens (primary N) is 1.